The first-order valence-electron chi connectivity index (χ1n) is 6.66. The molecule has 1 N–H and O–H groups in total. The van der Waals surface area contributed by atoms with Crippen LogP contribution >= 0.6 is 15.9 Å². The fourth-order valence-corrected chi connectivity index (χ4v) is 2.70. The number of carboxylic acid groups (broad SMARTS) is 1. The number of carbonyl (C=O) groups excluding carboxylic acids is 1. The van der Waals surface area contributed by atoms with Crippen molar-refractivity contribution in [3.8, 4) is 0 Å². The molecule has 0 saturated carbocycles. The zero-order chi connectivity index (χ0) is 15.4. The standard InChI is InChI=1S/C14H16BrFN2O3/c15-13-10(2-1-3-11(13)16)14(21)18-8-6-17(7-9-18)5-4-12(19)20/h1-3H,4-9H2,(H,19,20). The maximum Gasteiger partial charge on any atom is 0.304 e. The van der Waals surface area contributed by atoms with Crippen molar-refractivity contribution in [2.45, 2.75) is 6.42 Å². The van der Waals surface area contributed by atoms with Gasteiger partial charge in [-0.1, -0.05) is 6.07 Å². The molecular formula is C14H16BrFN2O3. The fraction of sp³-hybridized carbons (Fsp3) is 0.429. The molecule has 114 valence electrons. The number of halogens is 2. The van der Waals surface area contributed by atoms with E-state index in [9.17, 15) is 14.0 Å². The van der Waals surface area contributed by atoms with E-state index in [-0.39, 0.29) is 16.8 Å². The van der Waals surface area contributed by atoms with E-state index in [0.717, 1.165) is 0 Å². The number of amides is 1. The minimum atomic E-state index is -0.822. The summed E-state index contributed by atoms with van der Waals surface area (Å²) in [5, 5.41) is 8.66. The fourth-order valence-electron chi connectivity index (χ4n) is 2.27. The molecule has 0 aliphatic carbocycles. The molecule has 1 aliphatic heterocycles. The van der Waals surface area contributed by atoms with E-state index < -0.39 is 11.8 Å². The summed E-state index contributed by atoms with van der Waals surface area (Å²) in [6.45, 7) is 2.78. The van der Waals surface area contributed by atoms with Gasteiger partial charge in [-0.3, -0.25) is 14.5 Å². The predicted molar refractivity (Wildman–Crippen MR) is 78.7 cm³/mol. The zero-order valence-corrected chi connectivity index (χ0v) is 13.0. The minimum absolute atomic E-state index is 0.101. The normalized spacial score (nSPS) is 16.0. The SMILES string of the molecule is O=C(O)CCN1CCN(C(=O)c2cccc(F)c2Br)CC1. The molecule has 0 unspecified atom stereocenters. The minimum Gasteiger partial charge on any atom is -0.481 e. The Morgan fingerprint density at radius 1 is 1.24 bits per heavy atom. The lowest BCUT2D eigenvalue weighted by atomic mass is 10.1. The van der Waals surface area contributed by atoms with E-state index in [1.807, 2.05) is 4.90 Å². The van der Waals surface area contributed by atoms with Gasteiger partial charge in [0.2, 0.25) is 0 Å². The maximum absolute atomic E-state index is 13.5. The smallest absolute Gasteiger partial charge is 0.304 e. The molecule has 0 spiro atoms. The number of carboxylic acids is 1. The van der Waals surface area contributed by atoms with E-state index in [2.05, 4.69) is 15.9 Å². The number of hydrogen-bond acceptors (Lipinski definition) is 3. The molecule has 1 aliphatic rings. The molecule has 1 aromatic rings. The summed E-state index contributed by atoms with van der Waals surface area (Å²) in [5.41, 5.74) is 0.314. The van der Waals surface area contributed by atoms with E-state index in [1.165, 1.54) is 12.1 Å². The van der Waals surface area contributed by atoms with Crippen LogP contribution in [0.15, 0.2) is 22.7 Å². The molecule has 21 heavy (non-hydrogen) atoms. The van der Waals surface area contributed by atoms with Crippen LogP contribution in [0.5, 0.6) is 0 Å². The molecule has 5 nitrogen and oxygen atoms in total. The Bertz CT molecular complexity index is 545. The van der Waals surface area contributed by atoms with Gasteiger partial charge in [-0.15, -0.1) is 0 Å². The number of benzene rings is 1. The number of piperazine rings is 1. The number of carbonyl (C=O) groups is 2. The largest absolute Gasteiger partial charge is 0.481 e. The Morgan fingerprint density at radius 3 is 2.52 bits per heavy atom. The van der Waals surface area contributed by atoms with Crippen LogP contribution in [-0.4, -0.2) is 59.5 Å². The molecular weight excluding hydrogens is 343 g/mol. The second kappa shape index (κ2) is 7.00. The van der Waals surface area contributed by atoms with Crippen molar-refractivity contribution in [1.29, 1.82) is 0 Å². The van der Waals surface area contributed by atoms with Gasteiger partial charge in [0.1, 0.15) is 5.82 Å². The van der Waals surface area contributed by atoms with Crippen molar-refractivity contribution in [2.75, 3.05) is 32.7 Å². The van der Waals surface area contributed by atoms with E-state index >= 15 is 0 Å². The van der Waals surface area contributed by atoms with Gasteiger partial charge in [0.15, 0.2) is 0 Å². The highest BCUT2D eigenvalue weighted by atomic mass is 79.9. The molecule has 1 fully saturated rings. The molecule has 0 aromatic heterocycles. The summed E-state index contributed by atoms with van der Waals surface area (Å²) in [4.78, 5) is 26.6. The van der Waals surface area contributed by atoms with Crippen molar-refractivity contribution in [3.05, 3.63) is 34.1 Å². The predicted octanol–water partition coefficient (Wildman–Crippen LogP) is 1.82. The van der Waals surface area contributed by atoms with Gasteiger partial charge in [0.05, 0.1) is 16.5 Å². The number of hydrogen-bond donors (Lipinski definition) is 1. The lowest BCUT2D eigenvalue weighted by Gasteiger charge is -2.34. The Balaban J connectivity index is 1.94. The summed E-state index contributed by atoms with van der Waals surface area (Å²) in [5.74, 6) is -1.49. The first-order valence-corrected chi connectivity index (χ1v) is 7.46. The van der Waals surface area contributed by atoms with Crippen molar-refractivity contribution < 1.29 is 19.1 Å². The average Bonchev–Trinajstić information content (AvgIpc) is 2.48. The zero-order valence-electron chi connectivity index (χ0n) is 11.4. The van der Waals surface area contributed by atoms with Crippen LogP contribution in [0.3, 0.4) is 0 Å². The monoisotopic (exact) mass is 358 g/mol. The van der Waals surface area contributed by atoms with Crippen molar-refractivity contribution in [2.24, 2.45) is 0 Å². The van der Waals surface area contributed by atoms with Gasteiger partial charge in [-0.2, -0.15) is 0 Å². The van der Waals surface area contributed by atoms with Crippen molar-refractivity contribution in [3.63, 3.8) is 0 Å². The summed E-state index contributed by atoms with van der Waals surface area (Å²) >= 11 is 3.10. The van der Waals surface area contributed by atoms with E-state index in [1.54, 1.807) is 11.0 Å². The molecule has 0 atom stereocenters. The van der Waals surface area contributed by atoms with Crippen molar-refractivity contribution >= 4 is 27.8 Å². The van der Waals surface area contributed by atoms with Gasteiger partial charge in [-0.05, 0) is 28.1 Å². The van der Waals surface area contributed by atoms with Gasteiger partial charge < -0.3 is 10.0 Å². The van der Waals surface area contributed by atoms with Crippen LogP contribution in [0.2, 0.25) is 0 Å². The third-order valence-electron chi connectivity index (χ3n) is 3.48. The summed E-state index contributed by atoms with van der Waals surface area (Å²) in [6.07, 6.45) is 0.101. The van der Waals surface area contributed by atoms with Crippen LogP contribution in [0.1, 0.15) is 16.8 Å². The first-order chi connectivity index (χ1) is 9.99. The number of rotatable bonds is 4. The summed E-state index contributed by atoms with van der Waals surface area (Å²) < 4.78 is 13.6. The van der Waals surface area contributed by atoms with Gasteiger partial charge >= 0.3 is 5.97 Å². The Morgan fingerprint density at radius 2 is 1.90 bits per heavy atom. The second-order valence-electron chi connectivity index (χ2n) is 4.88. The molecule has 7 heteroatoms. The summed E-state index contributed by atoms with van der Waals surface area (Å²) in [7, 11) is 0. The van der Waals surface area contributed by atoms with Crippen LogP contribution < -0.4 is 0 Å². The second-order valence-corrected chi connectivity index (χ2v) is 5.67. The summed E-state index contributed by atoms with van der Waals surface area (Å²) in [6, 6.07) is 4.40. The topological polar surface area (TPSA) is 60.9 Å². The third-order valence-corrected chi connectivity index (χ3v) is 4.29. The Labute approximate surface area is 130 Å². The van der Waals surface area contributed by atoms with Gasteiger partial charge in [0.25, 0.3) is 5.91 Å². The van der Waals surface area contributed by atoms with E-state index in [0.29, 0.717) is 38.3 Å². The van der Waals surface area contributed by atoms with Crippen molar-refractivity contribution in [1.82, 2.24) is 9.80 Å². The quantitative estimate of drug-likeness (QED) is 0.891. The number of aliphatic carboxylic acids is 1. The highest BCUT2D eigenvalue weighted by Gasteiger charge is 2.24. The van der Waals surface area contributed by atoms with Crippen LogP contribution in [0.4, 0.5) is 4.39 Å². The lowest BCUT2D eigenvalue weighted by Crippen LogP contribution is -2.49. The van der Waals surface area contributed by atoms with Gasteiger partial charge in [-0.25, -0.2) is 4.39 Å². The Kier molecular flexibility index (Phi) is 5.30. The van der Waals surface area contributed by atoms with Crippen LogP contribution in [-0.2, 0) is 4.79 Å². The van der Waals surface area contributed by atoms with Crippen LogP contribution in [0, 0.1) is 5.82 Å². The van der Waals surface area contributed by atoms with E-state index in [4.69, 9.17) is 5.11 Å². The highest BCUT2D eigenvalue weighted by molar-refractivity contribution is 9.10. The molecule has 1 amide bonds. The molecule has 0 radical (unpaired) electrons. The molecule has 2 rings (SSSR count). The molecule has 1 heterocycles. The van der Waals surface area contributed by atoms with Gasteiger partial charge in [0, 0.05) is 32.7 Å². The maximum atomic E-state index is 13.5. The molecule has 0 bridgehead atoms. The highest BCUT2D eigenvalue weighted by Crippen LogP contribution is 2.22. The van der Waals surface area contributed by atoms with Crippen LogP contribution in [0.25, 0.3) is 0 Å². The molecule has 1 aromatic carbocycles. The number of nitrogens with zero attached hydrogens (tertiary/aromatic N) is 2. The first kappa shape index (κ1) is 15.9. The third kappa shape index (κ3) is 4.01. The average molecular weight is 359 g/mol. The molecule has 1 saturated heterocycles. The Hall–Kier alpha value is -1.47. The lowest BCUT2D eigenvalue weighted by molar-refractivity contribution is -0.137.